The summed E-state index contributed by atoms with van der Waals surface area (Å²) in [6, 6.07) is 1.77. The molecule has 4 heteroatoms. The lowest BCUT2D eigenvalue weighted by Crippen LogP contribution is -2.15. The number of rotatable bonds is 0. The summed E-state index contributed by atoms with van der Waals surface area (Å²) in [5, 5.41) is 9.58. The Balaban J connectivity index is 2.60. The Bertz CT molecular complexity index is 349. The molecule has 0 bridgehead atoms. The number of aryl methyl sites for hydroxylation is 1. The molecule has 1 N–H and O–H groups in total. The normalized spacial score (nSPS) is 14.3. The predicted molar refractivity (Wildman–Crippen MR) is 51.5 cm³/mol. The van der Waals surface area contributed by atoms with Gasteiger partial charge in [-0.3, -0.25) is 0 Å². The second-order valence-corrected chi connectivity index (χ2v) is 3.67. The van der Waals surface area contributed by atoms with Gasteiger partial charge in [-0.1, -0.05) is 0 Å². The minimum absolute atomic E-state index is 0.212. The van der Waals surface area contributed by atoms with Crippen molar-refractivity contribution >= 4 is 15.9 Å². The molecule has 2 rings (SSSR count). The maximum atomic E-state index is 9.58. The number of aromatic hydroxyl groups is 1. The summed E-state index contributed by atoms with van der Waals surface area (Å²) >= 11 is 3.26. The molecule has 0 saturated carbocycles. The van der Waals surface area contributed by atoms with Gasteiger partial charge in [0.05, 0.1) is 0 Å². The Hall–Kier alpha value is -0.900. The molecule has 3 nitrogen and oxygen atoms in total. The molecule has 0 radical (unpaired) electrons. The van der Waals surface area contributed by atoms with Crippen LogP contribution in [0.1, 0.15) is 5.56 Å². The molecule has 0 aliphatic carbocycles. The van der Waals surface area contributed by atoms with Crippen LogP contribution in [-0.2, 0) is 0 Å². The van der Waals surface area contributed by atoms with Crippen LogP contribution in [0.4, 0.5) is 0 Å². The number of fused-ring (bicyclic) bond motifs is 1. The lowest BCUT2D eigenvalue weighted by Gasteiger charge is -2.20. The van der Waals surface area contributed by atoms with E-state index in [1.807, 2.05) is 6.92 Å². The molecule has 1 aliphatic heterocycles. The van der Waals surface area contributed by atoms with Crippen LogP contribution in [0.2, 0.25) is 0 Å². The van der Waals surface area contributed by atoms with Crippen molar-refractivity contribution in [3.05, 3.63) is 16.1 Å². The van der Waals surface area contributed by atoms with Crippen LogP contribution in [-0.4, -0.2) is 18.3 Å². The molecule has 0 aromatic heterocycles. The van der Waals surface area contributed by atoms with Crippen molar-refractivity contribution in [2.24, 2.45) is 0 Å². The third-order valence-electron chi connectivity index (χ3n) is 1.94. The van der Waals surface area contributed by atoms with Crippen molar-refractivity contribution < 1.29 is 14.6 Å². The monoisotopic (exact) mass is 244 g/mol. The fourth-order valence-electron chi connectivity index (χ4n) is 1.26. The fraction of sp³-hybridized carbons (Fsp3) is 0.333. The summed E-state index contributed by atoms with van der Waals surface area (Å²) in [5.41, 5.74) is 0.774. The lowest BCUT2D eigenvalue weighted by molar-refractivity contribution is 0.169. The van der Waals surface area contributed by atoms with Gasteiger partial charge in [0.2, 0.25) is 0 Å². The van der Waals surface area contributed by atoms with Crippen molar-refractivity contribution in [2.45, 2.75) is 6.92 Å². The zero-order chi connectivity index (χ0) is 9.42. The Kier molecular flexibility index (Phi) is 2.07. The molecule has 1 aromatic rings. The number of halogens is 1. The maximum absolute atomic E-state index is 9.58. The summed E-state index contributed by atoms with van der Waals surface area (Å²) in [6.45, 7) is 2.90. The smallest absolute Gasteiger partial charge is 0.179 e. The molecule has 13 heavy (non-hydrogen) atoms. The van der Waals surface area contributed by atoms with Gasteiger partial charge in [-0.25, -0.2) is 0 Å². The van der Waals surface area contributed by atoms with Gasteiger partial charge in [0.1, 0.15) is 23.4 Å². The number of hydrogen-bond acceptors (Lipinski definition) is 3. The van der Waals surface area contributed by atoms with Gasteiger partial charge in [-0.2, -0.15) is 0 Å². The van der Waals surface area contributed by atoms with Gasteiger partial charge in [0.25, 0.3) is 0 Å². The number of phenolic OH excluding ortho intramolecular Hbond substituents is 1. The van der Waals surface area contributed by atoms with E-state index in [1.54, 1.807) is 6.07 Å². The first kappa shape index (κ1) is 8.69. The van der Waals surface area contributed by atoms with E-state index in [2.05, 4.69) is 15.9 Å². The van der Waals surface area contributed by atoms with E-state index < -0.39 is 0 Å². The van der Waals surface area contributed by atoms with Gasteiger partial charge in [-0.05, 0) is 34.5 Å². The summed E-state index contributed by atoms with van der Waals surface area (Å²) in [6.07, 6.45) is 0. The van der Waals surface area contributed by atoms with Gasteiger partial charge < -0.3 is 14.6 Å². The molecule has 0 unspecified atom stereocenters. The standard InChI is InChI=1S/C9H9BrO3/c1-5-4-6-9(7(10)8(5)11)13-3-2-12-6/h4,11H,2-3H2,1H3. The largest absolute Gasteiger partial charge is 0.506 e. The topological polar surface area (TPSA) is 38.7 Å². The minimum Gasteiger partial charge on any atom is -0.506 e. The van der Waals surface area contributed by atoms with E-state index in [4.69, 9.17) is 9.47 Å². The minimum atomic E-state index is 0.212. The van der Waals surface area contributed by atoms with E-state index in [1.165, 1.54) is 0 Å². The third-order valence-corrected chi connectivity index (χ3v) is 2.68. The fourth-order valence-corrected chi connectivity index (χ4v) is 1.88. The first-order chi connectivity index (χ1) is 6.20. The van der Waals surface area contributed by atoms with Crippen LogP contribution in [0.3, 0.4) is 0 Å². The number of hydrogen-bond donors (Lipinski definition) is 1. The highest BCUT2D eigenvalue weighted by atomic mass is 79.9. The molecule has 70 valence electrons. The van der Waals surface area contributed by atoms with E-state index in [-0.39, 0.29) is 5.75 Å². The molecule has 0 saturated heterocycles. The Morgan fingerprint density at radius 1 is 1.38 bits per heavy atom. The molecule has 0 amide bonds. The van der Waals surface area contributed by atoms with Crippen LogP contribution in [0.25, 0.3) is 0 Å². The third kappa shape index (κ3) is 1.35. The highest BCUT2D eigenvalue weighted by Crippen LogP contribution is 2.44. The molecule has 1 heterocycles. The Morgan fingerprint density at radius 3 is 2.85 bits per heavy atom. The second-order valence-electron chi connectivity index (χ2n) is 2.88. The highest BCUT2D eigenvalue weighted by Gasteiger charge is 2.19. The SMILES string of the molecule is Cc1cc2c(c(Br)c1O)OCCO2. The van der Waals surface area contributed by atoms with Gasteiger partial charge in [0.15, 0.2) is 11.5 Å². The van der Waals surface area contributed by atoms with Crippen molar-refractivity contribution in [3.8, 4) is 17.2 Å². The first-order valence-corrected chi connectivity index (χ1v) is 4.77. The molecular weight excluding hydrogens is 236 g/mol. The number of ether oxygens (including phenoxy) is 2. The molecule has 1 aromatic carbocycles. The van der Waals surface area contributed by atoms with Crippen molar-refractivity contribution in [1.82, 2.24) is 0 Å². The van der Waals surface area contributed by atoms with Crippen LogP contribution in [0, 0.1) is 6.92 Å². The number of phenols is 1. The quantitative estimate of drug-likeness (QED) is 0.761. The van der Waals surface area contributed by atoms with Gasteiger partial charge in [0, 0.05) is 0 Å². The highest BCUT2D eigenvalue weighted by molar-refractivity contribution is 9.10. The average molecular weight is 245 g/mol. The van der Waals surface area contributed by atoms with Crippen molar-refractivity contribution in [2.75, 3.05) is 13.2 Å². The molecule has 0 atom stereocenters. The van der Waals surface area contributed by atoms with Crippen LogP contribution >= 0.6 is 15.9 Å². The van der Waals surface area contributed by atoms with E-state index in [0.29, 0.717) is 29.2 Å². The van der Waals surface area contributed by atoms with Crippen LogP contribution in [0.5, 0.6) is 17.2 Å². The summed E-state index contributed by atoms with van der Waals surface area (Å²) in [7, 11) is 0. The lowest BCUT2D eigenvalue weighted by atomic mass is 10.2. The molecular formula is C9H9BrO3. The molecule has 0 fully saturated rings. The predicted octanol–water partition coefficient (Wildman–Crippen LogP) is 2.23. The Morgan fingerprint density at radius 2 is 2.08 bits per heavy atom. The molecule has 1 aliphatic rings. The van der Waals surface area contributed by atoms with Gasteiger partial charge in [-0.15, -0.1) is 0 Å². The van der Waals surface area contributed by atoms with E-state index >= 15 is 0 Å². The summed E-state index contributed by atoms with van der Waals surface area (Å²) in [5.74, 6) is 1.49. The van der Waals surface area contributed by atoms with E-state index in [0.717, 1.165) is 5.56 Å². The number of benzene rings is 1. The van der Waals surface area contributed by atoms with E-state index in [9.17, 15) is 5.11 Å². The van der Waals surface area contributed by atoms with Gasteiger partial charge >= 0.3 is 0 Å². The average Bonchev–Trinajstić information content (AvgIpc) is 2.15. The Labute approximate surface area is 84.4 Å². The maximum Gasteiger partial charge on any atom is 0.179 e. The molecule has 0 spiro atoms. The zero-order valence-electron chi connectivity index (χ0n) is 7.13. The van der Waals surface area contributed by atoms with Crippen molar-refractivity contribution in [3.63, 3.8) is 0 Å². The zero-order valence-corrected chi connectivity index (χ0v) is 8.72. The first-order valence-electron chi connectivity index (χ1n) is 3.98. The second kappa shape index (κ2) is 3.10. The van der Waals surface area contributed by atoms with Crippen LogP contribution in [0.15, 0.2) is 10.5 Å². The summed E-state index contributed by atoms with van der Waals surface area (Å²) in [4.78, 5) is 0. The van der Waals surface area contributed by atoms with Crippen LogP contribution < -0.4 is 9.47 Å². The van der Waals surface area contributed by atoms with Crippen molar-refractivity contribution in [1.29, 1.82) is 0 Å². The summed E-state index contributed by atoms with van der Waals surface area (Å²) < 4.78 is 11.3.